The molecule has 2 aromatic rings. The van der Waals surface area contributed by atoms with Crippen molar-refractivity contribution in [3.63, 3.8) is 0 Å². The number of halogens is 1. The molecule has 0 spiro atoms. The second-order valence-electron chi connectivity index (χ2n) is 5.06. The van der Waals surface area contributed by atoms with Gasteiger partial charge < -0.3 is 5.73 Å². The number of benzene rings is 2. The largest absolute Gasteiger partial charge is 0.398 e. The number of rotatable bonds is 3. The van der Waals surface area contributed by atoms with Gasteiger partial charge in [-0.15, -0.1) is 0 Å². The maximum Gasteiger partial charge on any atom is 0.264 e. The summed E-state index contributed by atoms with van der Waals surface area (Å²) in [5, 5.41) is 0. The van der Waals surface area contributed by atoms with Gasteiger partial charge in [0.15, 0.2) is 0 Å². The molecular formula is C15H17FN2O2S. The summed E-state index contributed by atoms with van der Waals surface area (Å²) in [4.78, 5) is -0.0495. The number of aryl methyl sites for hydroxylation is 3. The van der Waals surface area contributed by atoms with Crippen LogP contribution in [-0.2, 0) is 10.0 Å². The van der Waals surface area contributed by atoms with Crippen LogP contribution in [0.1, 0.15) is 16.7 Å². The van der Waals surface area contributed by atoms with Gasteiger partial charge in [-0.25, -0.2) is 12.8 Å². The van der Waals surface area contributed by atoms with Crippen molar-refractivity contribution in [1.29, 1.82) is 0 Å². The van der Waals surface area contributed by atoms with Crippen molar-refractivity contribution in [2.45, 2.75) is 25.7 Å². The summed E-state index contributed by atoms with van der Waals surface area (Å²) < 4.78 is 40.7. The highest BCUT2D eigenvalue weighted by Crippen LogP contribution is 2.26. The summed E-state index contributed by atoms with van der Waals surface area (Å²) in [5.74, 6) is -0.633. The quantitative estimate of drug-likeness (QED) is 0.856. The van der Waals surface area contributed by atoms with E-state index in [4.69, 9.17) is 5.73 Å². The Morgan fingerprint density at radius 3 is 2.33 bits per heavy atom. The van der Waals surface area contributed by atoms with Crippen molar-refractivity contribution < 1.29 is 12.8 Å². The van der Waals surface area contributed by atoms with Gasteiger partial charge in [0.1, 0.15) is 10.7 Å². The van der Waals surface area contributed by atoms with Crippen LogP contribution < -0.4 is 10.5 Å². The molecule has 0 heterocycles. The molecule has 0 radical (unpaired) electrons. The van der Waals surface area contributed by atoms with Gasteiger partial charge >= 0.3 is 0 Å². The highest BCUT2D eigenvalue weighted by Gasteiger charge is 2.20. The summed E-state index contributed by atoms with van der Waals surface area (Å²) >= 11 is 0. The third-order valence-corrected chi connectivity index (χ3v) is 4.70. The molecule has 6 heteroatoms. The van der Waals surface area contributed by atoms with Crippen molar-refractivity contribution >= 4 is 21.4 Å². The molecule has 0 saturated heterocycles. The van der Waals surface area contributed by atoms with Gasteiger partial charge in [-0.1, -0.05) is 6.07 Å². The van der Waals surface area contributed by atoms with Crippen LogP contribution in [0, 0.1) is 26.6 Å². The van der Waals surface area contributed by atoms with Crippen molar-refractivity contribution in [1.82, 2.24) is 0 Å². The highest BCUT2D eigenvalue weighted by molar-refractivity contribution is 7.92. The van der Waals surface area contributed by atoms with E-state index in [9.17, 15) is 12.8 Å². The van der Waals surface area contributed by atoms with Gasteiger partial charge in [-0.3, -0.25) is 4.72 Å². The molecule has 21 heavy (non-hydrogen) atoms. The van der Waals surface area contributed by atoms with E-state index in [-0.39, 0.29) is 16.3 Å². The summed E-state index contributed by atoms with van der Waals surface area (Å²) in [5.41, 5.74) is 8.28. The van der Waals surface area contributed by atoms with E-state index in [0.717, 1.165) is 16.7 Å². The normalized spacial score (nSPS) is 11.4. The second-order valence-corrected chi connectivity index (χ2v) is 6.71. The monoisotopic (exact) mass is 308 g/mol. The molecule has 0 saturated carbocycles. The Balaban J connectivity index is 2.48. The number of sulfonamides is 1. The lowest BCUT2D eigenvalue weighted by Gasteiger charge is -2.13. The average Bonchev–Trinajstić information content (AvgIpc) is 2.37. The number of hydrogen-bond donors (Lipinski definition) is 2. The second kappa shape index (κ2) is 5.37. The highest BCUT2D eigenvalue weighted by atomic mass is 32.2. The summed E-state index contributed by atoms with van der Waals surface area (Å²) in [6.45, 7) is 5.39. The summed E-state index contributed by atoms with van der Waals surface area (Å²) in [7, 11) is -3.94. The zero-order valence-electron chi connectivity index (χ0n) is 12.1. The molecule has 2 rings (SSSR count). The van der Waals surface area contributed by atoms with Crippen LogP contribution in [0.3, 0.4) is 0 Å². The van der Waals surface area contributed by atoms with E-state index in [2.05, 4.69) is 4.72 Å². The molecular weight excluding hydrogens is 291 g/mol. The minimum Gasteiger partial charge on any atom is -0.398 e. The van der Waals surface area contributed by atoms with Crippen molar-refractivity contribution in [3.8, 4) is 0 Å². The third-order valence-electron chi connectivity index (χ3n) is 3.28. The predicted molar refractivity (Wildman–Crippen MR) is 82.3 cm³/mol. The van der Waals surface area contributed by atoms with E-state index in [1.807, 2.05) is 6.92 Å². The van der Waals surface area contributed by atoms with Crippen LogP contribution in [0.5, 0.6) is 0 Å². The first-order chi connectivity index (χ1) is 9.70. The van der Waals surface area contributed by atoms with Crippen LogP contribution in [-0.4, -0.2) is 8.42 Å². The minimum atomic E-state index is -3.94. The fourth-order valence-corrected chi connectivity index (χ4v) is 3.22. The molecule has 0 atom stereocenters. The number of anilines is 2. The fraction of sp³-hybridized carbons (Fsp3) is 0.200. The molecule has 0 bridgehead atoms. The van der Waals surface area contributed by atoms with Gasteiger partial charge in [0, 0.05) is 0 Å². The van der Waals surface area contributed by atoms with Gasteiger partial charge in [-0.05, 0) is 61.7 Å². The Hall–Kier alpha value is -2.08. The molecule has 2 aromatic carbocycles. The number of hydrogen-bond acceptors (Lipinski definition) is 3. The standard InChI is InChI=1S/C15H17FN2O2S/c1-9-4-5-12(16)14(6-9)18-21(19,20)15-8-11(3)10(2)7-13(15)17/h4-8,18H,17H2,1-3H3. The van der Waals surface area contributed by atoms with Crippen molar-refractivity contribution in [2.75, 3.05) is 10.5 Å². The molecule has 0 unspecified atom stereocenters. The maximum atomic E-state index is 13.7. The van der Waals surface area contributed by atoms with E-state index in [1.54, 1.807) is 26.0 Å². The first kappa shape index (κ1) is 15.3. The Bertz CT molecular complexity index is 802. The molecule has 4 nitrogen and oxygen atoms in total. The molecule has 0 aliphatic carbocycles. The first-order valence-corrected chi connectivity index (χ1v) is 7.85. The smallest absolute Gasteiger partial charge is 0.264 e. The predicted octanol–water partition coefficient (Wildman–Crippen LogP) is 3.13. The van der Waals surface area contributed by atoms with Crippen LogP contribution >= 0.6 is 0 Å². The Morgan fingerprint density at radius 2 is 1.67 bits per heavy atom. The van der Waals surface area contributed by atoms with Crippen LogP contribution in [0.25, 0.3) is 0 Å². The Morgan fingerprint density at radius 1 is 1.05 bits per heavy atom. The Kier molecular flexibility index (Phi) is 3.91. The minimum absolute atomic E-state index is 0.0495. The molecule has 0 aliphatic heterocycles. The van der Waals surface area contributed by atoms with Crippen LogP contribution in [0.2, 0.25) is 0 Å². The molecule has 0 fully saturated rings. The number of nitrogens with one attached hydrogen (secondary N) is 1. The van der Waals surface area contributed by atoms with Gasteiger partial charge in [0.05, 0.1) is 11.4 Å². The van der Waals surface area contributed by atoms with Gasteiger partial charge in [-0.2, -0.15) is 0 Å². The lowest BCUT2D eigenvalue weighted by atomic mass is 10.1. The third kappa shape index (κ3) is 3.16. The number of nitrogen functional groups attached to an aromatic ring is 1. The SMILES string of the molecule is Cc1ccc(F)c(NS(=O)(=O)c2cc(C)c(C)cc2N)c1. The van der Waals surface area contributed by atoms with Crippen molar-refractivity contribution in [2.24, 2.45) is 0 Å². The van der Waals surface area contributed by atoms with E-state index in [1.165, 1.54) is 18.2 Å². The molecule has 0 aliphatic rings. The zero-order chi connectivity index (χ0) is 15.8. The zero-order valence-corrected chi connectivity index (χ0v) is 12.9. The fourth-order valence-electron chi connectivity index (χ4n) is 1.96. The van der Waals surface area contributed by atoms with E-state index < -0.39 is 15.8 Å². The van der Waals surface area contributed by atoms with Gasteiger partial charge in [0.25, 0.3) is 10.0 Å². The number of nitrogens with two attached hydrogens (primary N) is 1. The Labute approximate surface area is 123 Å². The molecule has 0 aromatic heterocycles. The lowest BCUT2D eigenvalue weighted by molar-refractivity contribution is 0.598. The van der Waals surface area contributed by atoms with Crippen LogP contribution in [0.4, 0.5) is 15.8 Å². The summed E-state index contributed by atoms with van der Waals surface area (Å²) in [6, 6.07) is 7.30. The topological polar surface area (TPSA) is 72.2 Å². The molecule has 3 N–H and O–H groups in total. The average molecular weight is 308 g/mol. The molecule has 112 valence electrons. The molecule has 0 amide bonds. The van der Waals surface area contributed by atoms with E-state index >= 15 is 0 Å². The van der Waals surface area contributed by atoms with Crippen molar-refractivity contribution in [3.05, 3.63) is 52.8 Å². The maximum absolute atomic E-state index is 13.7. The first-order valence-electron chi connectivity index (χ1n) is 6.36. The van der Waals surface area contributed by atoms with Crippen LogP contribution in [0.15, 0.2) is 35.2 Å². The van der Waals surface area contributed by atoms with Gasteiger partial charge in [0.2, 0.25) is 0 Å². The van der Waals surface area contributed by atoms with E-state index in [0.29, 0.717) is 0 Å². The lowest BCUT2D eigenvalue weighted by Crippen LogP contribution is -2.16. The summed E-state index contributed by atoms with van der Waals surface area (Å²) in [6.07, 6.45) is 0.